The Morgan fingerprint density at radius 3 is 2.46 bits per heavy atom. The monoisotopic (exact) mass is 462 g/mol. The Hall–Kier alpha value is -4.64. The molecule has 4 heterocycles. The van der Waals surface area contributed by atoms with Gasteiger partial charge < -0.3 is 9.88 Å². The van der Waals surface area contributed by atoms with Crippen molar-refractivity contribution in [1.82, 2.24) is 24.8 Å². The molecular formula is C27H22N6O2. The van der Waals surface area contributed by atoms with E-state index in [1.54, 1.807) is 29.7 Å². The van der Waals surface area contributed by atoms with Gasteiger partial charge in [-0.25, -0.2) is 14.8 Å². The maximum absolute atomic E-state index is 13.3. The molecule has 0 radical (unpaired) electrons. The first kappa shape index (κ1) is 22.2. The van der Waals surface area contributed by atoms with Crippen molar-refractivity contribution in [2.45, 2.75) is 19.8 Å². The number of aromatic nitrogens is 4. The Morgan fingerprint density at radius 1 is 1.06 bits per heavy atom. The number of nitrogens with one attached hydrogen (secondary N) is 1. The van der Waals surface area contributed by atoms with E-state index in [0.717, 1.165) is 16.7 Å². The summed E-state index contributed by atoms with van der Waals surface area (Å²) < 4.78 is 0. The Morgan fingerprint density at radius 2 is 1.77 bits per heavy atom. The molecule has 0 saturated carbocycles. The summed E-state index contributed by atoms with van der Waals surface area (Å²) in [5.74, 6) is -1.09. The van der Waals surface area contributed by atoms with Gasteiger partial charge in [-0.1, -0.05) is 35.9 Å². The number of amides is 1. The van der Waals surface area contributed by atoms with Crippen LogP contribution in [0.2, 0.25) is 0 Å². The molecule has 1 aromatic carbocycles. The van der Waals surface area contributed by atoms with Crippen LogP contribution in [0.15, 0.2) is 67.0 Å². The highest BCUT2D eigenvalue weighted by atomic mass is 16.2. The lowest BCUT2D eigenvalue weighted by Crippen LogP contribution is -2.40. The second-order valence-corrected chi connectivity index (χ2v) is 8.42. The number of likely N-dealkylation sites (tertiary alicyclic amines) is 1. The molecule has 0 bridgehead atoms. The van der Waals surface area contributed by atoms with Crippen LogP contribution < -0.4 is 0 Å². The third-order valence-corrected chi connectivity index (χ3v) is 6.32. The van der Waals surface area contributed by atoms with Crippen molar-refractivity contribution in [3.8, 4) is 11.3 Å². The summed E-state index contributed by atoms with van der Waals surface area (Å²) in [5, 5.41) is 0.675. The molecule has 1 saturated heterocycles. The van der Waals surface area contributed by atoms with Crippen molar-refractivity contribution in [3.05, 3.63) is 95.1 Å². The van der Waals surface area contributed by atoms with Crippen LogP contribution in [0.25, 0.3) is 32.7 Å². The summed E-state index contributed by atoms with van der Waals surface area (Å²) in [5.41, 5.74) is 5.68. The molecule has 1 amide bonds. The predicted molar refractivity (Wildman–Crippen MR) is 132 cm³/mol. The van der Waals surface area contributed by atoms with E-state index >= 15 is 0 Å². The summed E-state index contributed by atoms with van der Waals surface area (Å²) in [6.07, 6.45) is 9.16. The zero-order valence-corrected chi connectivity index (χ0v) is 19.2. The first-order chi connectivity index (χ1) is 17.1. The Labute approximate surface area is 202 Å². The predicted octanol–water partition coefficient (Wildman–Crippen LogP) is 4.46. The van der Waals surface area contributed by atoms with Gasteiger partial charge in [0.15, 0.2) is 5.70 Å². The fraction of sp³-hybridized carbons (Fsp3) is 0.185. The topological polar surface area (TPSA) is 96.2 Å². The highest BCUT2D eigenvalue weighted by Crippen LogP contribution is 2.31. The number of pyridine rings is 1. The Bertz CT molecular complexity index is 1490. The van der Waals surface area contributed by atoms with E-state index in [2.05, 4.69) is 24.8 Å². The number of Topliss-reactive ketones (excluding diaryl/α,β-unsaturated/α-hetero) is 1. The van der Waals surface area contributed by atoms with Crippen LogP contribution in [0.5, 0.6) is 0 Å². The van der Waals surface area contributed by atoms with Gasteiger partial charge in [-0.3, -0.25) is 14.6 Å². The number of fused-ring (bicyclic) bond motifs is 1. The fourth-order valence-electron chi connectivity index (χ4n) is 4.55. The molecule has 1 aliphatic rings. The van der Waals surface area contributed by atoms with Crippen LogP contribution >= 0.6 is 0 Å². The minimum Gasteiger partial charge on any atom is -0.359 e. The minimum absolute atomic E-state index is 0.329. The van der Waals surface area contributed by atoms with Crippen molar-refractivity contribution in [2.24, 2.45) is 0 Å². The average molecular weight is 463 g/mol. The van der Waals surface area contributed by atoms with E-state index in [0.29, 0.717) is 59.4 Å². The zero-order chi connectivity index (χ0) is 24.4. The number of nitrogens with zero attached hydrogens (tertiary/aromatic N) is 5. The number of ketones is 1. The van der Waals surface area contributed by atoms with E-state index in [-0.39, 0.29) is 0 Å². The quantitative estimate of drug-likeness (QED) is 0.274. The van der Waals surface area contributed by atoms with Gasteiger partial charge in [0.25, 0.3) is 11.7 Å². The molecule has 1 N–H and O–H groups in total. The summed E-state index contributed by atoms with van der Waals surface area (Å²) >= 11 is 0. The minimum atomic E-state index is -0.554. The van der Waals surface area contributed by atoms with Crippen LogP contribution in [0.1, 0.15) is 34.3 Å². The summed E-state index contributed by atoms with van der Waals surface area (Å²) in [6.45, 7) is 10.3. The van der Waals surface area contributed by atoms with Crippen molar-refractivity contribution in [2.75, 3.05) is 13.1 Å². The number of rotatable bonds is 4. The van der Waals surface area contributed by atoms with Crippen LogP contribution in [0, 0.1) is 13.5 Å². The second kappa shape index (κ2) is 9.31. The molecule has 0 atom stereocenters. The molecule has 0 spiro atoms. The molecule has 4 aromatic rings. The summed E-state index contributed by atoms with van der Waals surface area (Å²) in [6, 6.07) is 9.58. The molecular weight excluding hydrogens is 440 g/mol. The number of carbonyl (C=O) groups is 2. The maximum Gasteiger partial charge on any atom is 0.295 e. The third kappa shape index (κ3) is 4.08. The number of benzene rings is 1. The van der Waals surface area contributed by atoms with Gasteiger partial charge in [-0.15, -0.1) is 0 Å². The first-order valence-corrected chi connectivity index (χ1v) is 11.3. The van der Waals surface area contributed by atoms with Gasteiger partial charge in [0.1, 0.15) is 6.33 Å². The van der Waals surface area contributed by atoms with Crippen LogP contribution in [-0.4, -0.2) is 49.6 Å². The van der Waals surface area contributed by atoms with Crippen LogP contribution in [-0.2, 0) is 4.79 Å². The lowest BCUT2D eigenvalue weighted by molar-refractivity contribution is -0.126. The number of carbonyl (C=O) groups excluding carboxylic acids is 2. The number of hydrogen-bond acceptors (Lipinski definition) is 5. The van der Waals surface area contributed by atoms with Gasteiger partial charge >= 0.3 is 0 Å². The number of piperidine rings is 1. The van der Waals surface area contributed by atoms with Gasteiger partial charge in [0.05, 0.1) is 23.3 Å². The third-order valence-electron chi connectivity index (χ3n) is 6.32. The molecule has 8 heteroatoms. The molecule has 1 fully saturated rings. The van der Waals surface area contributed by atoms with E-state index in [1.807, 2.05) is 37.3 Å². The average Bonchev–Trinajstić information content (AvgIpc) is 3.36. The van der Waals surface area contributed by atoms with E-state index in [9.17, 15) is 9.59 Å². The Kier molecular flexibility index (Phi) is 5.90. The summed E-state index contributed by atoms with van der Waals surface area (Å²) in [7, 11) is 0. The molecule has 3 aromatic heterocycles. The number of aryl methyl sites for hydroxylation is 1. The van der Waals surface area contributed by atoms with Crippen LogP contribution in [0.4, 0.5) is 0 Å². The second-order valence-electron chi connectivity index (χ2n) is 8.42. The van der Waals surface area contributed by atoms with E-state index < -0.39 is 11.7 Å². The number of hydrogen-bond donors (Lipinski definition) is 1. The standard InChI is InChI=1S/C27H22N6O2/c1-17-12-31-24(20-13-29-16-30-14-20)25-22(17)21(15-32-25)26(34)27(35)33-10-8-19(9-11-33)23(28-2)18-6-4-3-5-7-18/h3-7,12-16,32H,8-11H2,1H3. The fourth-order valence-corrected chi connectivity index (χ4v) is 4.55. The summed E-state index contributed by atoms with van der Waals surface area (Å²) in [4.78, 5) is 47.5. The lowest BCUT2D eigenvalue weighted by atomic mass is 9.97. The largest absolute Gasteiger partial charge is 0.359 e. The van der Waals surface area contributed by atoms with Gasteiger partial charge in [0, 0.05) is 48.8 Å². The normalized spacial score (nSPS) is 13.5. The molecule has 35 heavy (non-hydrogen) atoms. The molecule has 172 valence electrons. The van der Waals surface area contributed by atoms with Crippen molar-refractivity contribution in [3.63, 3.8) is 0 Å². The SMILES string of the molecule is [C-]#[N+]C(=C1CCN(C(=O)C(=O)c2c[nH]c3c(-c4cncnc4)ncc(C)c23)CC1)c1ccccc1. The zero-order valence-electron chi connectivity index (χ0n) is 19.2. The first-order valence-electron chi connectivity index (χ1n) is 11.3. The molecule has 5 rings (SSSR count). The highest BCUT2D eigenvalue weighted by molar-refractivity contribution is 6.45. The number of aromatic amines is 1. The van der Waals surface area contributed by atoms with Crippen LogP contribution in [0.3, 0.4) is 0 Å². The van der Waals surface area contributed by atoms with Crippen molar-refractivity contribution in [1.29, 1.82) is 0 Å². The van der Waals surface area contributed by atoms with Crippen molar-refractivity contribution < 1.29 is 9.59 Å². The van der Waals surface area contributed by atoms with E-state index in [4.69, 9.17) is 6.57 Å². The molecule has 1 aliphatic heterocycles. The molecule has 0 unspecified atom stereocenters. The maximum atomic E-state index is 13.3. The van der Waals surface area contributed by atoms with Crippen molar-refractivity contribution >= 4 is 28.3 Å². The smallest absolute Gasteiger partial charge is 0.295 e. The molecule has 8 nitrogen and oxygen atoms in total. The molecule has 0 aliphatic carbocycles. The van der Waals surface area contributed by atoms with Gasteiger partial charge in [-0.2, -0.15) is 0 Å². The lowest BCUT2D eigenvalue weighted by Gasteiger charge is -2.28. The Balaban J connectivity index is 1.39. The number of H-pyrrole nitrogens is 1. The van der Waals surface area contributed by atoms with E-state index in [1.165, 1.54) is 6.33 Å². The van der Waals surface area contributed by atoms with Gasteiger partial charge in [-0.05, 0) is 30.9 Å². The highest BCUT2D eigenvalue weighted by Gasteiger charge is 2.29. The van der Waals surface area contributed by atoms with Gasteiger partial charge in [0.2, 0.25) is 0 Å².